The number of hydrogen-bond acceptors (Lipinski definition) is 5. The lowest BCUT2D eigenvalue weighted by Gasteiger charge is -2.16. The summed E-state index contributed by atoms with van der Waals surface area (Å²) in [5.41, 5.74) is -0.535. The van der Waals surface area contributed by atoms with Crippen LogP contribution < -0.4 is 15.0 Å². The number of rotatable bonds is 9. The second-order valence-corrected chi connectivity index (χ2v) is 7.10. The first-order valence-electron chi connectivity index (χ1n) is 9.75. The Hall–Kier alpha value is -3.56. The van der Waals surface area contributed by atoms with Gasteiger partial charge in [0, 0.05) is 25.6 Å². The van der Waals surface area contributed by atoms with Gasteiger partial charge in [-0.15, -0.1) is 0 Å². The second-order valence-electron chi connectivity index (χ2n) is 7.10. The Kier molecular flexibility index (Phi) is 7.11. The molecular formula is C21H21F2N3O5. The SMILES string of the molecule is O=C(NCCCCOc1ccc(F)cc1)C1CC(=O)N(c2ccc(F)c([N+](=O)[O-])c2)C1. The minimum absolute atomic E-state index is 0.0231. The summed E-state index contributed by atoms with van der Waals surface area (Å²) < 4.78 is 31.8. The molecule has 0 aliphatic carbocycles. The molecule has 1 atom stereocenters. The van der Waals surface area contributed by atoms with E-state index in [0.29, 0.717) is 31.7 Å². The average Bonchev–Trinajstić information content (AvgIpc) is 3.13. The minimum atomic E-state index is -0.988. The van der Waals surface area contributed by atoms with Gasteiger partial charge in [-0.05, 0) is 49.2 Å². The summed E-state index contributed by atoms with van der Waals surface area (Å²) in [5.74, 6) is -1.99. The number of amides is 2. The number of unbranched alkanes of at least 4 members (excludes halogenated alkanes) is 1. The lowest BCUT2D eigenvalue weighted by molar-refractivity contribution is -0.387. The first-order valence-corrected chi connectivity index (χ1v) is 9.75. The Morgan fingerprint density at radius 2 is 1.94 bits per heavy atom. The molecule has 1 saturated heterocycles. The molecule has 8 nitrogen and oxygen atoms in total. The van der Waals surface area contributed by atoms with Gasteiger partial charge < -0.3 is 15.0 Å². The van der Waals surface area contributed by atoms with Crippen molar-refractivity contribution in [1.29, 1.82) is 0 Å². The fourth-order valence-corrected chi connectivity index (χ4v) is 3.25. The van der Waals surface area contributed by atoms with Crippen LogP contribution in [0.15, 0.2) is 42.5 Å². The fraction of sp³-hybridized carbons (Fsp3) is 0.333. The molecule has 2 amide bonds. The van der Waals surface area contributed by atoms with Crippen molar-refractivity contribution < 1.29 is 28.0 Å². The van der Waals surface area contributed by atoms with Gasteiger partial charge in [-0.3, -0.25) is 19.7 Å². The molecule has 1 N–H and O–H groups in total. The maximum atomic E-state index is 13.5. The van der Waals surface area contributed by atoms with Crippen molar-refractivity contribution in [1.82, 2.24) is 5.32 Å². The summed E-state index contributed by atoms with van der Waals surface area (Å²) in [5, 5.41) is 13.7. The van der Waals surface area contributed by atoms with E-state index < -0.39 is 22.3 Å². The first-order chi connectivity index (χ1) is 14.8. The number of carbonyl (C=O) groups excluding carboxylic acids is 2. The van der Waals surface area contributed by atoms with Gasteiger partial charge in [0.15, 0.2) is 0 Å². The largest absolute Gasteiger partial charge is 0.494 e. The van der Waals surface area contributed by atoms with Gasteiger partial charge >= 0.3 is 5.69 Å². The molecule has 1 heterocycles. The maximum absolute atomic E-state index is 13.5. The topological polar surface area (TPSA) is 102 Å². The number of halogens is 2. The van der Waals surface area contributed by atoms with Crippen molar-refractivity contribution in [3.05, 3.63) is 64.2 Å². The summed E-state index contributed by atoms with van der Waals surface area (Å²) in [4.78, 5) is 35.9. The van der Waals surface area contributed by atoms with E-state index in [1.807, 2.05) is 0 Å². The molecule has 0 bridgehead atoms. The third kappa shape index (κ3) is 5.74. The van der Waals surface area contributed by atoms with E-state index in [9.17, 15) is 28.5 Å². The van der Waals surface area contributed by atoms with Crippen LogP contribution in [0.2, 0.25) is 0 Å². The molecule has 0 spiro atoms. The summed E-state index contributed by atoms with van der Waals surface area (Å²) in [6, 6.07) is 8.90. The smallest absolute Gasteiger partial charge is 0.306 e. The molecule has 0 saturated carbocycles. The molecule has 164 valence electrons. The summed E-state index contributed by atoms with van der Waals surface area (Å²) in [6.45, 7) is 0.889. The number of hydrogen-bond donors (Lipinski definition) is 1. The van der Waals surface area contributed by atoms with Crippen LogP contribution in [-0.4, -0.2) is 36.4 Å². The van der Waals surface area contributed by atoms with Crippen LogP contribution in [-0.2, 0) is 9.59 Å². The van der Waals surface area contributed by atoms with E-state index >= 15 is 0 Å². The van der Waals surface area contributed by atoms with Gasteiger partial charge in [-0.2, -0.15) is 4.39 Å². The zero-order chi connectivity index (χ0) is 22.4. The number of ether oxygens (including phenoxy) is 1. The van der Waals surface area contributed by atoms with Gasteiger partial charge in [0.2, 0.25) is 17.6 Å². The molecule has 2 aromatic carbocycles. The van der Waals surface area contributed by atoms with Gasteiger partial charge in [-0.25, -0.2) is 4.39 Å². The number of nitro groups is 1. The highest BCUT2D eigenvalue weighted by Crippen LogP contribution is 2.29. The molecule has 10 heteroatoms. The zero-order valence-corrected chi connectivity index (χ0v) is 16.6. The Bertz CT molecular complexity index is 968. The molecule has 0 aromatic heterocycles. The van der Waals surface area contributed by atoms with Crippen LogP contribution in [0.5, 0.6) is 5.75 Å². The average molecular weight is 433 g/mol. The van der Waals surface area contributed by atoms with Crippen LogP contribution in [0.4, 0.5) is 20.2 Å². The monoisotopic (exact) mass is 433 g/mol. The van der Waals surface area contributed by atoms with Crippen molar-refractivity contribution in [3.63, 3.8) is 0 Å². The number of nitrogens with zero attached hydrogens (tertiary/aromatic N) is 2. The van der Waals surface area contributed by atoms with E-state index in [0.717, 1.165) is 12.1 Å². The predicted octanol–water partition coefficient (Wildman–Crippen LogP) is 3.20. The van der Waals surface area contributed by atoms with Crippen LogP contribution in [0.25, 0.3) is 0 Å². The summed E-state index contributed by atoms with van der Waals surface area (Å²) in [7, 11) is 0. The van der Waals surface area contributed by atoms with Crippen LogP contribution in [0.3, 0.4) is 0 Å². The summed E-state index contributed by atoms with van der Waals surface area (Å²) >= 11 is 0. The number of benzene rings is 2. The Balaban J connectivity index is 1.42. The highest BCUT2D eigenvalue weighted by Gasteiger charge is 2.35. The fourth-order valence-electron chi connectivity index (χ4n) is 3.25. The first kappa shape index (κ1) is 22.1. The van der Waals surface area contributed by atoms with E-state index in [-0.39, 0.29) is 36.3 Å². The van der Waals surface area contributed by atoms with Crippen molar-refractivity contribution in [2.75, 3.05) is 24.6 Å². The Morgan fingerprint density at radius 3 is 2.65 bits per heavy atom. The number of anilines is 1. The standard InChI is InChI=1S/C21H21F2N3O5/c22-15-3-6-17(7-4-15)31-10-2-1-9-24-21(28)14-11-20(27)25(13-14)16-5-8-18(23)19(12-16)26(29)30/h3-8,12,14H,1-2,9-11,13H2,(H,24,28). The Morgan fingerprint density at radius 1 is 1.19 bits per heavy atom. The quantitative estimate of drug-likeness (QED) is 0.372. The van der Waals surface area contributed by atoms with Crippen molar-refractivity contribution >= 4 is 23.2 Å². The third-order valence-corrected chi connectivity index (χ3v) is 4.89. The molecule has 2 aromatic rings. The molecule has 1 fully saturated rings. The van der Waals surface area contributed by atoms with Gasteiger partial charge in [-0.1, -0.05) is 0 Å². The number of nitrogens with one attached hydrogen (secondary N) is 1. The van der Waals surface area contributed by atoms with E-state index in [4.69, 9.17) is 4.74 Å². The number of nitro benzene ring substituents is 1. The van der Waals surface area contributed by atoms with Crippen molar-refractivity contribution in [2.24, 2.45) is 5.92 Å². The Labute approximate surface area is 176 Å². The van der Waals surface area contributed by atoms with E-state index in [2.05, 4.69) is 5.32 Å². The van der Waals surface area contributed by atoms with Crippen LogP contribution in [0.1, 0.15) is 19.3 Å². The molecule has 1 aliphatic heterocycles. The summed E-state index contributed by atoms with van der Waals surface area (Å²) in [6.07, 6.45) is 1.30. The molecule has 3 rings (SSSR count). The van der Waals surface area contributed by atoms with Crippen LogP contribution in [0, 0.1) is 27.7 Å². The molecule has 31 heavy (non-hydrogen) atoms. The van der Waals surface area contributed by atoms with Gasteiger partial charge in [0.05, 0.1) is 23.1 Å². The molecule has 0 radical (unpaired) electrons. The predicted molar refractivity (Wildman–Crippen MR) is 108 cm³/mol. The van der Waals surface area contributed by atoms with E-state index in [1.54, 1.807) is 0 Å². The zero-order valence-electron chi connectivity index (χ0n) is 16.6. The molecule has 1 aliphatic rings. The van der Waals surface area contributed by atoms with Crippen molar-refractivity contribution in [3.8, 4) is 5.75 Å². The maximum Gasteiger partial charge on any atom is 0.306 e. The van der Waals surface area contributed by atoms with Gasteiger partial charge in [0.1, 0.15) is 11.6 Å². The normalized spacial score (nSPS) is 15.7. The third-order valence-electron chi connectivity index (χ3n) is 4.89. The number of carbonyl (C=O) groups is 2. The second kappa shape index (κ2) is 9.96. The minimum Gasteiger partial charge on any atom is -0.494 e. The lowest BCUT2D eigenvalue weighted by Crippen LogP contribution is -2.33. The lowest BCUT2D eigenvalue weighted by atomic mass is 10.1. The van der Waals surface area contributed by atoms with Crippen LogP contribution >= 0.6 is 0 Å². The van der Waals surface area contributed by atoms with Gasteiger partial charge in [0.25, 0.3) is 0 Å². The highest BCUT2D eigenvalue weighted by atomic mass is 19.1. The molecule has 1 unspecified atom stereocenters. The highest BCUT2D eigenvalue weighted by molar-refractivity contribution is 6.00. The van der Waals surface area contributed by atoms with Crippen molar-refractivity contribution in [2.45, 2.75) is 19.3 Å². The molecular weight excluding hydrogens is 412 g/mol. The van der Waals surface area contributed by atoms with E-state index in [1.165, 1.54) is 35.2 Å².